The van der Waals surface area contributed by atoms with Crippen molar-refractivity contribution in [3.63, 3.8) is 0 Å². The standard InChI is InChI=1S/C12H24N2O4/c1-2-3-4-5-11(16)13-6-7-14(8-9-15)10-12(17)18/h15H,2-10H2,1H3,(H,13,16)(H,17,18). The number of nitrogens with one attached hydrogen (secondary N) is 1. The zero-order valence-electron chi connectivity index (χ0n) is 11.0. The van der Waals surface area contributed by atoms with Crippen molar-refractivity contribution in [2.24, 2.45) is 0 Å². The van der Waals surface area contributed by atoms with Gasteiger partial charge in [0.2, 0.25) is 5.91 Å². The number of aliphatic hydroxyl groups excluding tert-OH is 1. The predicted octanol–water partition coefficient (Wildman–Crippen LogP) is 0.0618. The lowest BCUT2D eigenvalue weighted by atomic mass is 10.2. The molecule has 6 heteroatoms. The molecular weight excluding hydrogens is 236 g/mol. The molecule has 0 aliphatic carbocycles. The van der Waals surface area contributed by atoms with E-state index < -0.39 is 5.97 Å². The van der Waals surface area contributed by atoms with Crippen LogP contribution in [0.3, 0.4) is 0 Å². The fourth-order valence-corrected chi connectivity index (χ4v) is 1.58. The zero-order valence-corrected chi connectivity index (χ0v) is 11.0. The van der Waals surface area contributed by atoms with Gasteiger partial charge in [0.15, 0.2) is 0 Å². The largest absolute Gasteiger partial charge is 0.480 e. The average Bonchev–Trinajstić information content (AvgIpc) is 2.29. The maximum Gasteiger partial charge on any atom is 0.317 e. The van der Waals surface area contributed by atoms with Crippen molar-refractivity contribution in [3.05, 3.63) is 0 Å². The van der Waals surface area contributed by atoms with Crippen LogP contribution in [0.2, 0.25) is 0 Å². The lowest BCUT2D eigenvalue weighted by Gasteiger charge is -2.18. The van der Waals surface area contributed by atoms with E-state index in [0.717, 1.165) is 19.3 Å². The molecule has 0 bridgehead atoms. The van der Waals surface area contributed by atoms with E-state index in [4.69, 9.17) is 10.2 Å². The maximum atomic E-state index is 11.4. The van der Waals surface area contributed by atoms with E-state index in [1.54, 1.807) is 4.90 Å². The molecule has 0 heterocycles. The Hall–Kier alpha value is -1.14. The smallest absolute Gasteiger partial charge is 0.317 e. The van der Waals surface area contributed by atoms with E-state index in [9.17, 15) is 9.59 Å². The fourth-order valence-electron chi connectivity index (χ4n) is 1.58. The quantitative estimate of drug-likeness (QED) is 0.457. The van der Waals surface area contributed by atoms with Gasteiger partial charge in [-0.15, -0.1) is 0 Å². The number of carbonyl (C=O) groups excluding carboxylic acids is 1. The number of amides is 1. The monoisotopic (exact) mass is 260 g/mol. The topological polar surface area (TPSA) is 89.9 Å². The summed E-state index contributed by atoms with van der Waals surface area (Å²) >= 11 is 0. The van der Waals surface area contributed by atoms with Crippen LogP contribution in [0.4, 0.5) is 0 Å². The van der Waals surface area contributed by atoms with Crippen molar-refractivity contribution in [1.82, 2.24) is 10.2 Å². The molecule has 6 nitrogen and oxygen atoms in total. The molecule has 0 aliphatic heterocycles. The highest BCUT2D eigenvalue weighted by atomic mass is 16.4. The summed E-state index contributed by atoms with van der Waals surface area (Å²) in [6.07, 6.45) is 3.53. The zero-order chi connectivity index (χ0) is 13.8. The van der Waals surface area contributed by atoms with E-state index in [-0.39, 0.29) is 19.1 Å². The number of hydrogen-bond acceptors (Lipinski definition) is 4. The van der Waals surface area contributed by atoms with Crippen LogP contribution >= 0.6 is 0 Å². The summed E-state index contributed by atoms with van der Waals surface area (Å²) < 4.78 is 0. The Labute approximate surface area is 108 Å². The summed E-state index contributed by atoms with van der Waals surface area (Å²) in [5, 5.41) is 20.2. The van der Waals surface area contributed by atoms with Crippen LogP contribution in [0.1, 0.15) is 32.6 Å². The van der Waals surface area contributed by atoms with Crippen molar-refractivity contribution in [2.75, 3.05) is 32.8 Å². The summed E-state index contributed by atoms with van der Waals surface area (Å²) in [6.45, 7) is 3.03. The van der Waals surface area contributed by atoms with Gasteiger partial charge in [-0.3, -0.25) is 14.5 Å². The third-order valence-electron chi connectivity index (χ3n) is 2.53. The number of carboxylic acids is 1. The molecule has 0 radical (unpaired) electrons. The molecule has 0 aliphatic rings. The predicted molar refractivity (Wildman–Crippen MR) is 68.3 cm³/mol. The highest BCUT2D eigenvalue weighted by Gasteiger charge is 2.09. The van der Waals surface area contributed by atoms with Crippen LogP contribution in [0.15, 0.2) is 0 Å². The molecular formula is C12H24N2O4. The summed E-state index contributed by atoms with van der Waals surface area (Å²) in [7, 11) is 0. The fraction of sp³-hybridized carbons (Fsp3) is 0.833. The van der Waals surface area contributed by atoms with Gasteiger partial charge < -0.3 is 15.5 Å². The molecule has 18 heavy (non-hydrogen) atoms. The SMILES string of the molecule is CCCCCC(=O)NCCN(CCO)CC(=O)O. The van der Waals surface area contributed by atoms with E-state index in [0.29, 0.717) is 26.1 Å². The minimum absolute atomic E-state index is 0.00252. The van der Waals surface area contributed by atoms with Crippen LogP contribution < -0.4 is 5.32 Å². The molecule has 106 valence electrons. The molecule has 0 saturated heterocycles. The van der Waals surface area contributed by atoms with Gasteiger partial charge in [-0.2, -0.15) is 0 Å². The second kappa shape index (κ2) is 11.0. The van der Waals surface area contributed by atoms with E-state index in [1.165, 1.54) is 0 Å². The Morgan fingerprint density at radius 3 is 2.50 bits per heavy atom. The second-order valence-electron chi connectivity index (χ2n) is 4.20. The number of carbonyl (C=O) groups is 2. The lowest BCUT2D eigenvalue weighted by Crippen LogP contribution is -2.39. The first-order valence-electron chi connectivity index (χ1n) is 6.41. The molecule has 1 amide bonds. The third kappa shape index (κ3) is 10.0. The number of aliphatic hydroxyl groups is 1. The third-order valence-corrected chi connectivity index (χ3v) is 2.53. The molecule has 0 rings (SSSR count). The van der Waals surface area contributed by atoms with Gasteiger partial charge in [0.05, 0.1) is 13.2 Å². The Morgan fingerprint density at radius 1 is 1.22 bits per heavy atom. The molecule has 0 spiro atoms. The molecule has 0 fully saturated rings. The van der Waals surface area contributed by atoms with Gasteiger partial charge in [0.25, 0.3) is 0 Å². The van der Waals surface area contributed by atoms with Crippen LogP contribution in [0.25, 0.3) is 0 Å². The first-order valence-corrected chi connectivity index (χ1v) is 6.41. The van der Waals surface area contributed by atoms with Gasteiger partial charge in [0, 0.05) is 26.1 Å². The van der Waals surface area contributed by atoms with E-state index in [1.807, 2.05) is 0 Å². The second-order valence-corrected chi connectivity index (χ2v) is 4.20. The van der Waals surface area contributed by atoms with E-state index in [2.05, 4.69) is 12.2 Å². The van der Waals surface area contributed by atoms with Gasteiger partial charge in [-0.05, 0) is 6.42 Å². The molecule has 3 N–H and O–H groups in total. The van der Waals surface area contributed by atoms with Crippen LogP contribution in [-0.2, 0) is 9.59 Å². The Balaban J connectivity index is 3.70. The van der Waals surface area contributed by atoms with Gasteiger partial charge >= 0.3 is 5.97 Å². The first-order chi connectivity index (χ1) is 8.60. The molecule has 0 saturated carbocycles. The number of unbranched alkanes of at least 4 members (excludes halogenated alkanes) is 2. The Kier molecular flexibility index (Phi) is 10.3. The van der Waals surface area contributed by atoms with Gasteiger partial charge in [-0.1, -0.05) is 19.8 Å². The number of carboxylic acid groups (broad SMARTS) is 1. The molecule has 0 unspecified atom stereocenters. The highest BCUT2D eigenvalue weighted by Crippen LogP contribution is 1.98. The normalized spacial score (nSPS) is 10.6. The Morgan fingerprint density at radius 2 is 1.94 bits per heavy atom. The molecule has 0 aromatic heterocycles. The lowest BCUT2D eigenvalue weighted by molar-refractivity contribution is -0.138. The van der Waals surface area contributed by atoms with Crippen molar-refractivity contribution in [3.8, 4) is 0 Å². The summed E-state index contributed by atoms with van der Waals surface area (Å²) in [5.41, 5.74) is 0. The Bertz CT molecular complexity index is 246. The number of nitrogens with zero attached hydrogens (tertiary/aromatic N) is 1. The van der Waals surface area contributed by atoms with Crippen LogP contribution in [0.5, 0.6) is 0 Å². The minimum atomic E-state index is -0.933. The maximum absolute atomic E-state index is 11.4. The minimum Gasteiger partial charge on any atom is -0.480 e. The number of rotatable bonds is 11. The van der Waals surface area contributed by atoms with Gasteiger partial charge in [0.1, 0.15) is 0 Å². The van der Waals surface area contributed by atoms with Crippen LogP contribution in [-0.4, -0.2) is 59.8 Å². The molecule has 0 aromatic rings. The summed E-state index contributed by atoms with van der Waals surface area (Å²) in [5.74, 6) is -0.930. The van der Waals surface area contributed by atoms with Crippen molar-refractivity contribution in [1.29, 1.82) is 0 Å². The summed E-state index contributed by atoms with van der Waals surface area (Å²) in [6, 6.07) is 0. The molecule has 0 aromatic carbocycles. The highest BCUT2D eigenvalue weighted by molar-refractivity contribution is 5.75. The van der Waals surface area contributed by atoms with Crippen molar-refractivity contribution < 1.29 is 19.8 Å². The number of aliphatic carboxylic acids is 1. The number of hydrogen-bond donors (Lipinski definition) is 3. The van der Waals surface area contributed by atoms with Crippen LogP contribution in [0, 0.1) is 0 Å². The van der Waals surface area contributed by atoms with Gasteiger partial charge in [-0.25, -0.2) is 0 Å². The van der Waals surface area contributed by atoms with Crippen molar-refractivity contribution in [2.45, 2.75) is 32.6 Å². The first kappa shape index (κ1) is 16.9. The van der Waals surface area contributed by atoms with E-state index >= 15 is 0 Å². The summed E-state index contributed by atoms with van der Waals surface area (Å²) in [4.78, 5) is 23.5. The van der Waals surface area contributed by atoms with Crippen molar-refractivity contribution >= 4 is 11.9 Å². The molecule has 0 atom stereocenters. The average molecular weight is 260 g/mol.